The number of piperidine rings is 2. The third-order valence-electron chi connectivity index (χ3n) is 4.95. The summed E-state index contributed by atoms with van der Waals surface area (Å²) >= 11 is 0. The van der Waals surface area contributed by atoms with E-state index >= 15 is 0 Å². The topological polar surface area (TPSA) is 74.3 Å². The van der Waals surface area contributed by atoms with Crippen molar-refractivity contribution in [1.82, 2.24) is 15.2 Å². The average Bonchev–Trinajstić information content (AvgIpc) is 2.64. The maximum Gasteiger partial charge on any atom is 0.239 e. The van der Waals surface area contributed by atoms with Crippen molar-refractivity contribution in [2.75, 3.05) is 25.0 Å². The van der Waals surface area contributed by atoms with Crippen LogP contribution < -0.4 is 10.6 Å². The van der Waals surface area contributed by atoms with Gasteiger partial charge in [0.2, 0.25) is 11.8 Å². The number of aromatic nitrogens is 1. The third kappa shape index (κ3) is 5.83. The number of likely N-dealkylation sites (tertiary alicyclic amines) is 1. The van der Waals surface area contributed by atoms with E-state index in [4.69, 9.17) is 0 Å². The van der Waals surface area contributed by atoms with E-state index in [0.717, 1.165) is 44.2 Å². The Morgan fingerprint density at radius 2 is 1.88 bits per heavy atom. The van der Waals surface area contributed by atoms with Crippen molar-refractivity contribution >= 4 is 42.4 Å². The zero-order valence-electron chi connectivity index (χ0n) is 15.1. The molecule has 1 atom stereocenters. The average molecular weight is 403 g/mol. The fourth-order valence-corrected chi connectivity index (χ4v) is 3.42. The molecule has 2 aliphatic rings. The Kier molecular flexibility index (Phi) is 9.33. The van der Waals surface area contributed by atoms with Crippen LogP contribution in [0.5, 0.6) is 0 Å². The molecule has 8 heteroatoms. The molecule has 3 heterocycles. The van der Waals surface area contributed by atoms with Crippen molar-refractivity contribution in [2.45, 2.75) is 45.1 Å². The van der Waals surface area contributed by atoms with Gasteiger partial charge in [0.25, 0.3) is 0 Å². The maximum absolute atomic E-state index is 12.5. The molecule has 6 nitrogen and oxygen atoms in total. The highest BCUT2D eigenvalue weighted by Crippen LogP contribution is 2.21. The number of nitrogens with one attached hydrogen (secondary N) is 2. The molecule has 0 aromatic carbocycles. The SMILES string of the molecule is Cc1ccc(NC(=O)C2CCN(C(=O)[C@H]3CCCCN3)CC2)nc1.Cl.Cl. The second-order valence-electron chi connectivity index (χ2n) is 6.81. The number of halogens is 2. The lowest BCUT2D eigenvalue weighted by molar-refractivity contribution is -0.137. The highest BCUT2D eigenvalue weighted by atomic mass is 35.5. The van der Waals surface area contributed by atoms with E-state index < -0.39 is 0 Å². The van der Waals surface area contributed by atoms with Crippen molar-refractivity contribution in [3.63, 3.8) is 0 Å². The molecule has 0 unspecified atom stereocenters. The van der Waals surface area contributed by atoms with Gasteiger partial charge in [-0.15, -0.1) is 24.8 Å². The maximum atomic E-state index is 12.5. The van der Waals surface area contributed by atoms with Gasteiger partial charge in [-0.3, -0.25) is 9.59 Å². The van der Waals surface area contributed by atoms with Gasteiger partial charge in [0.1, 0.15) is 5.82 Å². The van der Waals surface area contributed by atoms with Crippen LogP contribution in [0.25, 0.3) is 0 Å². The van der Waals surface area contributed by atoms with Gasteiger partial charge in [0.05, 0.1) is 6.04 Å². The summed E-state index contributed by atoms with van der Waals surface area (Å²) in [7, 11) is 0. The van der Waals surface area contributed by atoms with Crippen molar-refractivity contribution in [3.05, 3.63) is 23.9 Å². The van der Waals surface area contributed by atoms with Crippen LogP contribution >= 0.6 is 24.8 Å². The first kappa shape index (κ1) is 22.7. The van der Waals surface area contributed by atoms with Crippen LogP contribution in [0.1, 0.15) is 37.7 Å². The Labute approximate surface area is 167 Å². The Bertz CT molecular complexity index is 583. The van der Waals surface area contributed by atoms with Crippen LogP contribution in [-0.2, 0) is 9.59 Å². The zero-order valence-corrected chi connectivity index (χ0v) is 16.7. The van der Waals surface area contributed by atoms with E-state index in [2.05, 4.69) is 15.6 Å². The van der Waals surface area contributed by atoms with Crippen LogP contribution in [-0.4, -0.2) is 47.4 Å². The Balaban J connectivity index is 0.00000169. The van der Waals surface area contributed by atoms with Crippen LogP contribution in [0.4, 0.5) is 5.82 Å². The van der Waals surface area contributed by atoms with Gasteiger partial charge in [-0.1, -0.05) is 12.5 Å². The molecule has 26 heavy (non-hydrogen) atoms. The Morgan fingerprint density at radius 1 is 1.15 bits per heavy atom. The van der Waals surface area contributed by atoms with Gasteiger partial charge >= 0.3 is 0 Å². The minimum absolute atomic E-state index is 0. The summed E-state index contributed by atoms with van der Waals surface area (Å²) in [5, 5.41) is 6.19. The second-order valence-corrected chi connectivity index (χ2v) is 6.81. The summed E-state index contributed by atoms with van der Waals surface area (Å²) in [4.78, 5) is 31.0. The van der Waals surface area contributed by atoms with Gasteiger partial charge in [0.15, 0.2) is 0 Å². The normalized spacial score (nSPS) is 20.5. The zero-order chi connectivity index (χ0) is 16.9. The first-order valence-corrected chi connectivity index (χ1v) is 8.89. The predicted molar refractivity (Wildman–Crippen MR) is 107 cm³/mol. The van der Waals surface area contributed by atoms with Crippen molar-refractivity contribution in [3.8, 4) is 0 Å². The molecule has 2 amide bonds. The summed E-state index contributed by atoms with van der Waals surface area (Å²) < 4.78 is 0. The number of anilines is 1. The molecule has 2 fully saturated rings. The molecule has 0 aliphatic carbocycles. The molecule has 0 radical (unpaired) electrons. The molecule has 0 saturated carbocycles. The first-order chi connectivity index (χ1) is 11.6. The molecule has 1 aromatic rings. The molecule has 2 aliphatic heterocycles. The largest absolute Gasteiger partial charge is 0.341 e. The van der Waals surface area contributed by atoms with Gasteiger partial charge in [0, 0.05) is 25.2 Å². The number of aryl methyl sites for hydroxylation is 1. The fourth-order valence-electron chi connectivity index (χ4n) is 3.42. The van der Waals surface area contributed by atoms with Gasteiger partial charge < -0.3 is 15.5 Å². The number of hydrogen-bond donors (Lipinski definition) is 2. The molecule has 2 N–H and O–H groups in total. The molecular formula is C18H28Cl2N4O2. The summed E-state index contributed by atoms with van der Waals surface area (Å²) in [6.45, 7) is 4.22. The molecule has 1 aromatic heterocycles. The number of carbonyl (C=O) groups is 2. The van der Waals surface area contributed by atoms with Gasteiger partial charge in [-0.2, -0.15) is 0 Å². The summed E-state index contributed by atoms with van der Waals surface area (Å²) in [6, 6.07) is 3.72. The summed E-state index contributed by atoms with van der Waals surface area (Å²) in [5.74, 6) is 0.759. The molecule has 2 saturated heterocycles. The Morgan fingerprint density at radius 3 is 2.46 bits per heavy atom. The van der Waals surface area contributed by atoms with Crippen molar-refractivity contribution in [2.24, 2.45) is 5.92 Å². The minimum Gasteiger partial charge on any atom is -0.341 e. The van der Waals surface area contributed by atoms with Crippen LogP contribution in [0, 0.1) is 12.8 Å². The first-order valence-electron chi connectivity index (χ1n) is 8.89. The van der Waals surface area contributed by atoms with E-state index in [1.54, 1.807) is 6.20 Å². The third-order valence-corrected chi connectivity index (χ3v) is 4.95. The molecule has 0 spiro atoms. The molecular weight excluding hydrogens is 375 g/mol. The smallest absolute Gasteiger partial charge is 0.239 e. The monoisotopic (exact) mass is 402 g/mol. The molecule has 0 bridgehead atoms. The van der Waals surface area contributed by atoms with Gasteiger partial charge in [-0.25, -0.2) is 4.98 Å². The van der Waals surface area contributed by atoms with Gasteiger partial charge in [-0.05, 0) is 50.8 Å². The van der Waals surface area contributed by atoms with Crippen molar-refractivity contribution in [1.29, 1.82) is 0 Å². The number of rotatable bonds is 3. The molecule has 3 rings (SSSR count). The standard InChI is InChI=1S/C18H26N4O2.2ClH/c1-13-5-6-16(20-12-13)21-17(23)14-7-10-22(11-8-14)18(24)15-4-2-3-9-19-15;;/h5-6,12,14-15,19H,2-4,7-11H2,1H3,(H,20,21,23);2*1H/t15-;;/m1../s1. The van der Waals surface area contributed by atoms with E-state index in [9.17, 15) is 9.59 Å². The number of carbonyl (C=O) groups excluding carboxylic acids is 2. The second kappa shape index (κ2) is 10.7. The summed E-state index contributed by atoms with van der Waals surface area (Å²) in [5.41, 5.74) is 1.07. The van der Waals surface area contributed by atoms with Crippen LogP contribution in [0.15, 0.2) is 18.3 Å². The molecule has 146 valence electrons. The fraction of sp³-hybridized carbons (Fsp3) is 0.611. The van der Waals surface area contributed by atoms with Crippen LogP contribution in [0.2, 0.25) is 0 Å². The number of amides is 2. The predicted octanol–water partition coefficient (Wildman–Crippen LogP) is 2.55. The van der Waals surface area contributed by atoms with Crippen LogP contribution in [0.3, 0.4) is 0 Å². The minimum atomic E-state index is -0.0449. The highest BCUT2D eigenvalue weighted by molar-refractivity contribution is 5.92. The van der Waals surface area contributed by atoms with Crippen molar-refractivity contribution < 1.29 is 9.59 Å². The van der Waals surface area contributed by atoms with E-state index in [1.807, 2.05) is 24.0 Å². The quantitative estimate of drug-likeness (QED) is 0.814. The Hall–Kier alpha value is -1.37. The van der Waals surface area contributed by atoms with E-state index in [1.165, 1.54) is 0 Å². The lowest BCUT2D eigenvalue weighted by atomic mass is 9.94. The van der Waals surface area contributed by atoms with E-state index in [-0.39, 0.29) is 48.6 Å². The summed E-state index contributed by atoms with van der Waals surface area (Å²) in [6.07, 6.45) is 6.38. The lowest BCUT2D eigenvalue weighted by Gasteiger charge is -2.35. The number of nitrogens with zero attached hydrogens (tertiary/aromatic N) is 2. The number of hydrogen-bond acceptors (Lipinski definition) is 4. The number of pyridine rings is 1. The van der Waals surface area contributed by atoms with E-state index in [0.29, 0.717) is 18.9 Å². The highest BCUT2D eigenvalue weighted by Gasteiger charge is 2.31. The lowest BCUT2D eigenvalue weighted by Crippen LogP contribution is -2.51.